The number of aromatic hydroxyl groups is 1. The van der Waals surface area contributed by atoms with Crippen LogP contribution in [0.5, 0.6) is 17.2 Å². The van der Waals surface area contributed by atoms with Crippen molar-refractivity contribution in [2.24, 2.45) is 5.92 Å². The van der Waals surface area contributed by atoms with Crippen LogP contribution in [0, 0.1) is 5.92 Å². The Morgan fingerprint density at radius 3 is 2.15 bits per heavy atom. The summed E-state index contributed by atoms with van der Waals surface area (Å²) in [5.74, 6) is 0.106. The molecule has 0 radical (unpaired) electrons. The van der Waals surface area contributed by atoms with Gasteiger partial charge in [-0.05, 0) is 106 Å². The minimum absolute atomic E-state index is 0.0725. The van der Waals surface area contributed by atoms with Crippen molar-refractivity contribution in [2.75, 3.05) is 24.4 Å². The highest BCUT2D eigenvalue weighted by Crippen LogP contribution is 2.31. The van der Waals surface area contributed by atoms with Gasteiger partial charge in [0.1, 0.15) is 23.1 Å². The molecule has 1 aliphatic heterocycles. The van der Waals surface area contributed by atoms with Gasteiger partial charge in [-0.25, -0.2) is 13.2 Å². The van der Waals surface area contributed by atoms with E-state index in [0.717, 1.165) is 0 Å². The number of nitrogens with zero attached hydrogens (tertiary/aromatic N) is 1. The number of hydrogen-bond acceptors (Lipinski definition) is 8. The van der Waals surface area contributed by atoms with Gasteiger partial charge in [0.05, 0.1) is 10.6 Å². The normalized spacial score (nSPS) is 14.2. The van der Waals surface area contributed by atoms with Crippen molar-refractivity contribution in [3.63, 3.8) is 0 Å². The molecule has 1 aliphatic rings. The Morgan fingerprint density at radius 2 is 1.50 bits per heavy atom. The van der Waals surface area contributed by atoms with E-state index in [2.05, 4.69) is 15.4 Å². The molecule has 12 nitrogen and oxygen atoms in total. The number of amides is 3. The molecule has 13 heteroatoms. The van der Waals surface area contributed by atoms with Crippen LogP contribution in [0.4, 0.5) is 10.5 Å². The summed E-state index contributed by atoms with van der Waals surface area (Å²) in [6, 6.07) is 26.4. The molecular weight excluding hydrogens is 685 g/mol. The highest BCUT2D eigenvalue weighted by Gasteiger charge is 2.28. The molecule has 1 atom stereocenters. The van der Waals surface area contributed by atoms with E-state index in [1.807, 2.05) is 39.0 Å². The van der Waals surface area contributed by atoms with Crippen LogP contribution >= 0.6 is 0 Å². The predicted molar refractivity (Wildman–Crippen MR) is 197 cm³/mol. The summed E-state index contributed by atoms with van der Waals surface area (Å²) in [5.41, 5.74) is 0.531. The topological polar surface area (TPSA) is 163 Å². The maximum absolute atomic E-state index is 13.5. The van der Waals surface area contributed by atoms with E-state index in [1.165, 1.54) is 36.4 Å². The minimum atomic E-state index is -4.06. The van der Waals surface area contributed by atoms with Crippen LogP contribution in [0.25, 0.3) is 0 Å². The van der Waals surface area contributed by atoms with Crippen molar-refractivity contribution in [2.45, 2.75) is 56.6 Å². The standard InChI is InChI=1S/C39H44N4O8S/c1-39(2,3)51-38(47)43-23-21-28(22-24-43)26-40-37(46)34(25-27-13-17-30(44)18-14-27)41-36(45)29-15-19-32(20-16-29)52(48,49)42-33-11-7-8-12-35(33)50-31-9-5-4-6-10-31/h4-20,28,34,42,44H,21-26H2,1-3H3,(H,40,46)(H,41,45). The fourth-order valence-electron chi connectivity index (χ4n) is 5.58. The van der Waals surface area contributed by atoms with Gasteiger partial charge in [-0.1, -0.05) is 42.5 Å². The molecule has 0 aliphatic carbocycles. The average Bonchev–Trinajstić information content (AvgIpc) is 3.12. The van der Waals surface area contributed by atoms with Crippen molar-refractivity contribution in [3.8, 4) is 17.2 Å². The van der Waals surface area contributed by atoms with Crippen molar-refractivity contribution in [1.82, 2.24) is 15.5 Å². The number of piperidine rings is 1. The molecule has 4 aromatic rings. The number of phenols is 1. The van der Waals surface area contributed by atoms with Gasteiger partial charge in [0.25, 0.3) is 15.9 Å². The van der Waals surface area contributed by atoms with Gasteiger partial charge in [-0.2, -0.15) is 0 Å². The first-order chi connectivity index (χ1) is 24.8. The third-order valence-electron chi connectivity index (χ3n) is 8.36. The maximum Gasteiger partial charge on any atom is 0.410 e. The number of rotatable bonds is 12. The molecule has 3 amide bonds. The number of ether oxygens (including phenoxy) is 2. The maximum atomic E-state index is 13.5. The Bertz CT molecular complexity index is 1940. The number of benzene rings is 4. The lowest BCUT2D eigenvalue weighted by molar-refractivity contribution is -0.123. The van der Waals surface area contributed by atoms with E-state index in [9.17, 15) is 27.9 Å². The van der Waals surface area contributed by atoms with Gasteiger partial charge in [-0.15, -0.1) is 0 Å². The van der Waals surface area contributed by atoms with Gasteiger partial charge in [0.15, 0.2) is 5.75 Å². The van der Waals surface area contributed by atoms with Crippen LogP contribution in [0.2, 0.25) is 0 Å². The molecule has 1 saturated heterocycles. The Labute approximate surface area is 304 Å². The summed E-state index contributed by atoms with van der Waals surface area (Å²) >= 11 is 0. The molecule has 0 saturated carbocycles. The van der Waals surface area contributed by atoms with Crippen LogP contribution in [0.3, 0.4) is 0 Å². The van der Waals surface area contributed by atoms with Gasteiger partial charge in [0.2, 0.25) is 5.91 Å². The fourth-order valence-corrected chi connectivity index (χ4v) is 6.65. The van der Waals surface area contributed by atoms with E-state index in [4.69, 9.17) is 9.47 Å². The second kappa shape index (κ2) is 16.6. The van der Waals surface area contributed by atoms with Crippen molar-refractivity contribution in [1.29, 1.82) is 0 Å². The molecule has 5 rings (SSSR count). The second-order valence-electron chi connectivity index (χ2n) is 13.6. The molecule has 1 unspecified atom stereocenters. The summed E-state index contributed by atoms with van der Waals surface area (Å²) in [6.07, 6.45) is 1.16. The summed E-state index contributed by atoms with van der Waals surface area (Å²) in [4.78, 5) is 41.0. The molecular formula is C39H44N4O8S. The highest BCUT2D eigenvalue weighted by atomic mass is 32.2. The third-order valence-corrected chi connectivity index (χ3v) is 9.74. The Morgan fingerprint density at radius 1 is 0.865 bits per heavy atom. The zero-order chi connectivity index (χ0) is 37.3. The molecule has 0 bridgehead atoms. The number of para-hydroxylation sites is 3. The number of carbonyl (C=O) groups is 3. The molecule has 1 fully saturated rings. The summed E-state index contributed by atoms with van der Waals surface area (Å²) in [5, 5.41) is 15.5. The minimum Gasteiger partial charge on any atom is -0.508 e. The quantitative estimate of drug-likeness (QED) is 0.136. The van der Waals surface area contributed by atoms with Crippen LogP contribution in [0.1, 0.15) is 49.5 Å². The highest BCUT2D eigenvalue weighted by molar-refractivity contribution is 7.92. The van der Waals surface area contributed by atoms with Crippen molar-refractivity contribution in [3.05, 3.63) is 114 Å². The monoisotopic (exact) mass is 728 g/mol. The van der Waals surface area contributed by atoms with Crippen LogP contribution in [0.15, 0.2) is 108 Å². The summed E-state index contributed by atoms with van der Waals surface area (Å²) in [6.45, 7) is 6.86. The number of sulfonamides is 1. The van der Waals surface area contributed by atoms with Gasteiger partial charge in [0, 0.05) is 31.6 Å². The van der Waals surface area contributed by atoms with E-state index in [0.29, 0.717) is 49.5 Å². The lowest BCUT2D eigenvalue weighted by Crippen LogP contribution is -2.50. The Balaban J connectivity index is 1.22. The number of phenolic OH excluding ortho intramolecular Hbond substituents is 1. The first-order valence-corrected chi connectivity index (χ1v) is 18.5. The molecule has 4 aromatic carbocycles. The molecule has 4 N–H and O–H groups in total. The number of anilines is 1. The molecule has 1 heterocycles. The van der Waals surface area contributed by atoms with Crippen LogP contribution in [-0.4, -0.2) is 67.6 Å². The molecule has 274 valence electrons. The smallest absolute Gasteiger partial charge is 0.410 e. The molecule has 0 spiro atoms. The first kappa shape index (κ1) is 37.7. The van der Waals surface area contributed by atoms with E-state index < -0.39 is 33.5 Å². The van der Waals surface area contributed by atoms with Crippen LogP contribution in [-0.2, 0) is 26.0 Å². The fraction of sp³-hybridized carbons (Fsp3) is 0.308. The largest absolute Gasteiger partial charge is 0.508 e. The predicted octanol–water partition coefficient (Wildman–Crippen LogP) is 6.09. The second-order valence-corrected chi connectivity index (χ2v) is 15.3. The third kappa shape index (κ3) is 10.7. The van der Waals surface area contributed by atoms with E-state index >= 15 is 0 Å². The summed E-state index contributed by atoms with van der Waals surface area (Å²) < 4.78 is 40.6. The zero-order valence-corrected chi connectivity index (χ0v) is 30.2. The number of nitrogens with one attached hydrogen (secondary N) is 3. The average molecular weight is 729 g/mol. The number of likely N-dealkylation sites (tertiary alicyclic amines) is 1. The number of hydrogen-bond donors (Lipinski definition) is 4. The van der Waals surface area contributed by atoms with Gasteiger partial charge in [-0.3, -0.25) is 14.3 Å². The summed E-state index contributed by atoms with van der Waals surface area (Å²) in [7, 11) is -4.06. The molecule has 52 heavy (non-hydrogen) atoms. The lowest BCUT2D eigenvalue weighted by atomic mass is 9.96. The van der Waals surface area contributed by atoms with Gasteiger partial charge < -0.3 is 30.1 Å². The Hall–Kier alpha value is -5.56. The van der Waals surface area contributed by atoms with Crippen molar-refractivity contribution >= 4 is 33.6 Å². The van der Waals surface area contributed by atoms with Crippen LogP contribution < -0.4 is 20.1 Å². The van der Waals surface area contributed by atoms with Gasteiger partial charge >= 0.3 is 6.09 Å². The SMILES string of the molecule is CC(C)(C)OC(=O)N1CCC(CNC(=O)C(Cc2ccc(O)cc2)NC(=O)c2ccc(S(=O)(=O)Nc3ccccc3Oc3ccccc3)cc2)CC1. The molecule has 0 aromatic heterocycles. The first-order valence-electron chi connectivity index (χ1n) is 17.0. The number of carbonyl (C=O) groups excluding carboxylic acids is 3. The Kier molecular flexibility index (Phi) is 12.1. The van der Waals surface area contributed by atoms with E-state index in [-0.39, 0.29) is 40.3 Å². The zero-order valence-electron chi connectivity index (χ0n) is 29.4. The lowest BCUT2D eigenvalue weighted by Gasteiger charge is -2.33. The van der Waals surface area contributed by atoms with E-state index in [1.54, 1.807) is 53.4 Å². The van der Waals surface area contributed by atoms with Crippen molar-refractivity contribution < 1.29 is 37.4 Å².